The van der Waals surface area contributed by atoms with Gasteiger partial charge >= 0.3 is 0 Å². The van der Waals surface area contributed by atoms with Crippen molar-refractivity contribution in [1.29, 1.82) is 0 Å². The third-order valence-corrected chi connectivity index (χ3v) is 3.95. The van der Waals surface area contributed by atoms with Gasteiger partial charge in [0, 0.05) is 24.4 Å². The second-order valence-corrected chi connectivity index (χ2v) is 7.00. The van der Waals surface area contributed by atoms with Gasteiger partial charge in [-0.05, 0) is 13.0 Å². The van der Waals surface area contributed by atoms with E-state index in [0.29, 0.717) is 19.8 Å². The Morgan fingerprint density at radius 2 is 2.05 bits per heavy atom. The predicted octanol–water partition coefficient (Wildman–Crippen LogP) is 0.980. The number of sulfone groups is 1. The molecule has 5 nitrogen and oxygen atoms in total. The Labute approximate surface area is 113 Å². The second kappa shape index (κ2) is 5.79. The summed E-state index contributed by atoms with van der Waals surface area (Å²) in [6.45, 7) is 3.52. The molecule has 6 heteroatoms. The summed E-state index contributed by atoms with van der Waals surface area (Å²) in [5.41, 5.74) is 0.984. The highest BCUT2D eigenvalue weighted by molar-refractivity contribution is 7.90. The first-order chi connectivity index (χ1) is 8.96. The molecular weight excluding hydrogens is 266 g/mol. The van der Waals surface area contributed by atoms with Crippen LogP contribution in [0.2, 0.25) is 0 Å². The summed E-state index contributed by atoms with van der Waals surface area (Å²) < 4.78 is 33.5. The molecule has 1 N–H and O–H groups in total. The third kappa shape index (κ3) is 4.11. The van der Waals surface area contributed by atoms with Crippen LogP contribution in [-0.2, 0) is 16.4 Å². The van der Waals surface area contributed by atoms with Crippen molar-refractivity contribution in [1.82, 2.24) is 5.32 Å². The van der Waals surface area contributed by atoms with Crippen molar-refractivity contribution in [3.8, 4) is 11.5 Å². The quantitative estimate of drug-likeness (QED) is 0.873. The van der Waals surface area contributed by atoms with E-state index in [1.54, 1.807) is 0 Å². The van der Waals surface area contributed by atoms with Crippen LogP contribution in [-0.4, -0.2) is 39.7 Å². The maximum atomic E-state index is 11.2. The number of para-hydroxylation sites is 1. The van der Waals surface area contributed by atoms with E-state index < -0.39 is 9.84 Å². The molecule has 1 aromatic carbocycles. The van der Waals surface area contributed by atoms with Crippen molar-refractivity contribution in [3.05, 3.63) is 23.8 Å². The van der Waals surface area contributed by atoms with Gasteiger partial charge in [0.1, 0.15) is 23.1 Å². The van der Waals surface area contributed by atoms with Crippen LogP contribution in [0.3, 0.4) is 0 Å². The normalized spacial score (nSPS) is 16.1. The number of hydrogen-bond donors (Lipinski definition) is 1. The molecule has 0 radical (unpaired) electrons. The molecule has 1 aliphatic heterocycles. The lowest BCUT2D eigenvalue weighted by Gasteiger charge is -2.22. The van der Waals surface area contributed by atoms with Crippen LogP contribution >= 0.6 is 0 Å². The van der Waals surface area contributed by atoms with Crippen LogP contribution in [0.5, 0.6) is 11.5 Å². The van der Waals surface area contributed by atoms with Crippen LogP contribution in [0.15, 0.2) is 18.2 Å². The standard InChI is InChI=1S/C13H19NO4S/c1-10(9-19(2,15)16)14-8-11-4-3-5-12-13(11)18-7-6-17-12/h3-5,10,14H,6-9H2,1-2H3. The lowest BCUT2D eigenvalue weighted by molar-refractivity contribution is 0.169. The molecule has 106 valence electrons. The molecule has 0 bridgehead atoms. The third-order valence-electron chi connectivity index (χ3n) is 2.84. The minimum Gasteiger partial charge on any atom is -0.486 e. The molecule has 1 unspecified atom stereocenters. The van der Waals surface area contributed by atoms with Gasteiger partial charge in [-0.25, -0.2) is 8.42 Å². The summed E-state index contributed by atoms with van der Waals surface area (Å²) >= 11 is 0. The molecule has 0 aromatic heterocycles. The van der Waals surface area contributed by atoms with Gasteiger partial charge in [-0.2, -0.15) is 0 Å². The van der Waals surface area contributed by atoms with Crippen LogP contribution < -0.4 is 14.8 Å². The van der Waals surface area contributed by atoms with Gasteiger partial charge in [0.2, 0.25) is 0 Å². The summed E-state index contributed by atoms with van der Waals surface area (Å²) in [5, 5.41) is 3.19. The number of rotatable bonds is 5. The van der Waals surface area contributed by atoms with Crippen LogP contribution in [0.25, 0.3) is 0 Å². The van der Waals surface area contributed by atoms with Gasteiger partial charge in [0.05, 0.1) is 5.75 Å². The molecule has 0 amide bonds. The molecule has 19 heavy (non-hydrogen) atoms. The minimum absolute atomic E-state index is 0.102. The first kappa shape index (κ1) is 14.1. The van der Waals surface area contributed by atoms with E-state index in [2.05, 4.69) is 5.32 Å². The van der Waals surface area contributed by atoms with Crippen molar-refractivity contribution < 1.29 is 17.9 Å². The second-order valence-electron chi connectivity index (χ2n) is 4.82. The van der Waals surface area contributed by atoms with Gasteiger partial charge < -0.3 is 14.8 Å². The molecule has 0 saturated carbocycles. The zero-order chi connectivity index (χ0) is 13.9. The molecule has 0 aliphatic carbocycles. The largest absolute Gasteiger partial charge is 0.486 e. The topological polar surface area (TPSA) is 64.6 Å². The van der Waals surface area contributed by atoms with E-state index >= 15 is 0 Å². The lowest BCUT2D eigenvalue weighted by atomic mass is 10.1. The monoisotopic (exact) mass is 285 g/mol. The SMILES string of the molecule is CC(CS(C)(=O)=O)NCc1cccc2c1OCCO2. The van der Waals surface area contributed by atoms with Crippen LogP contribution in [0.1, 0.15) is 12.5 Å². The van der Waals surface area contributed by atoms with Gasteiger partial charge in [-0.1, -0.05) is 12.1 Å². The fourth-order valence-electron chi connectivity index (χ4n) is 2.07. The molecule has 0 saturated heterocycles. The van der Waals surface area contributed by atoms with E-state index in [4.69, 9.17) is 9.47 Å². The first-order valence-electron chi connectivity index (χ1n) is 6.24. The van der Waals surface area contributed by atoms with Gasteiger partial charge in [-0.15, -0.1) is 0 Å². The van der Waals surface area contributed by atoms with E-state index in [9.17, 15) is 8.42 Å². The fourth-order valence-corrected chi connectivity index (χ4v) is 3.10. The summed E-state index contributed by atoms with van der Waals surface area (Å²) in [6.07, 6.45) is 1.24. The Hall–Kier alpha value is -1.27. The van der Waals surface area contributed by atoms with E-state index in [-0.39, 0.29) is 11.8 Å². The van der Waals surface area contributed by atoms with Crippen molar-refractivity contribution in [2.45, 2.75) is 19.5 Å². The molecule has 1 aromatic rings. The van der Waals surface area contributed by atoms with Crippen molar-refractivity contribution in [3.63, 3.8) is 0 Å². The Balaban J connectivity index is 2.00. The summed E-state index contributed by atoms with van der Waals surface area (Å²) in [5.74, 6) is 1.63. The number of fused-ring (bicyclic) bond motifs is 1. The molecule has 1 heterocycles. The highest BCUT2D eigenvalue weighted by Gasteiger charge is 2.16. The summed E-state index contributed by atoms with van der Waals surface area (Å²) in [7, 11) is -2.96. The zero-order valence-electron chi connectivity index (χ0n) is 11.2. The Morgan fingerprint density at radius 1 is 1.32 bits per heavy atom. The van der Waals surface area contributed by atoms with Crippen LogP contribution in [0, 0.1) is 0 Å². The fraction of sp³-hybridized carbons (Fsp3) is 0.538. The summed E-state index contributed by atoms with van der Waals surface area (Å²) in [4.78, 5) is 0. The van der Waals surface area contributed by atoms with Crippen LogP contribution in [0.4, 0.5) is 0 Å². The van der Waals surface area contributed by atoms with E-state index in [1.165, 1.54) is 6.26 Å². The summed E-state index contributed by atoms with van der Waals surface area (Å²) in [6, 6.07) is 5.63. The molecule has 1 aliphatic rings. The highest BCUT2D eigenvalue weighted by atomic mass is 32.2. The Morgan fingerprint density at radius 3 is 2.79 bits per heavy atom. The first-order valence-corrected chi connectivity index (χ1v) is 8.30. The Bertz CT molecular complexity index is 542. The van der Waals surface area contributed by atoms with Crippen molar-refractivity contribution in [2.75, 3.05) is 25.2 Å². The van der Waals surface area contributed by atoms with Gasteiger partial charge in [0.15, 0.2) is 11.5 Å². The minimum atomic E-state index is -2.96. The van der Waals surface area contributed by atoms with Crippen molar-refractivity contribution in [2.24, 2.45) is 0 Å². The van der Waals surface area contributed by atoms with E-state index in [0.717, 1.165) is 17.1 Å². The smallest absolute Gasteiger partial charge is 0.165 e. The Kier molecular flexibility index (Phi) is 4.31. The molecular formula is C13H19NO4S. The molecule has 0 fully saturated rings. The predicted molar refractivity (Wildman–Crippen MR) is 73.4 cm³/mol. The van der Waals surface area contributed by atoms with E-state index in [1.807, 2.05) is 25.1 Å². The van der Waals surface area contributed by atoms with Gasteiger partial charge in [-0.3, -0.25) is 0 Å². The molecule has 2 rings (SSSR count). The average molecular weight is 285 g/mol. The number of hydrogen-bond acceptors (Lipinski definition) is 5. The number of benzene rings is 1. The zero-order valence-corrected chi connectivity index (χ0v) is 12.0. The lowest BCUT2D eigenvalue weighted by Crippen LogP contribution is -2.32. The number of nitrogens with one attached hydrogen (secondary N) is 1. The average Bonchev–Trinajstić information content (AvgIpc) is 2.34. The maximum absolute atomic E-state index is 11.2. The molecule has 1 atom stereocenters. The van der Waals surface area contributed by atoms with Gasteiger partial charge in [0.25, 0.3) is 0 Å². The maximum Gasteiger partial charge on any atom is 0.165 e. The van der Waals surface area contributed by atoms with Crippen molar-refractivity contribution >= 4 is 9.84 Å². The highest BCUT2D eigenvalue weighted by Crippen LogP contribution is 2.33. The number of ether oxygens (including phenoxy) is 2. The molecule has 0 spiro atoms.